The van der Waals surface area contributed by atoms with Crippen molar-refractivity contribution < 1.29 is 9.18 Å². The highest BCUT2D eigenvalue weighted by Gasteiger charge is 2.21. The van der Waals surface area contributed by atoms with E-state index in [0.29, 0.717) is 6.54 Å². The van der Waals surface area contributed by atoms with Crippen LogP contribution in [0, 0.1) is 5.82 Å². The number of rotatable bonds is 6. The molecule has 0 aromatic heterocycles. The van der Waals surface area contributed by atoms with E-state index < -0.39 is 0 Å². The van der Waals surface area contributed by atoms with Gasteiger partial charge in [-0.25, -0.2) is 4.39 Å². The van der Waals surface area contributed by atoms with Crippen molar-refractivity contribution in [2.45, 2.75) is 13.0 Å². The number of carbonyl (C=O) groups is 1. The van der Waals surface area contributed by atoms with Crippen LogP contribution in [-0.4, -0.2) is 49.6 Å². The van der Waals surface area contributed by atoms with E-state index in [4.69, 9.17) is 0 Å². The average molecular weight is 367 g/mol. The standard InChI is InChI=1S/C22H26FN3O/c1-18(17-24-22(27)12-9-19-7-10-20(23)11-8-19)25-13-15-26(16-14-25)21-5-3-2-4-6-21/h2-12,18H,13-17H2,1H3,(H,24,27)/b12-9-/t18-/m0/s1. The minimum absolute atomic E-state index is 0.130. The van der Waals surface area contributed by atoms with Crippen molar-refractivity contribution >= 4 is 17.7 Å². The summed E-state index contributed by atoms with van der Waals surface area (Å²) in [6.07, 6.45) is 3.19. The number of amides is 1. The van der Waals surface area contributed by atoms with Crippen molar-refractivity contribution in [3.8, 4) is 0 Å². The van der Waals surface area contributed by atoms with Crippen molar-refractivity contribution in [3.63, 3.8) is 0 Å². The molecule has 1 amide bonds. The SMILES string of the molecule is C[C@@H](CNC(=O)/C=C\c1ccc(F)cc1)N1CCN(c2ccccc2)CC1. The van der Waals surface area contributed by atoms with E-state index in [-0.39, 0.29) is 17.8 Å². The Bertz CT molecular complexity index is 753. The smallest absolute Gasteiger partial charge is 0.244 e. The largest absolute Gasteiger partial charge is 0.369 e. The number of nitrogens with zero attached hydrogens (tertiary/aromatic N) is 2. The zero-order valence-corrected chi connectivity index (χ0v) is 15.6. The summed E-state index contributed by atoms with van der Waals surface area (Å²) in [6.45, 7) is 6.70. The Morgan fingerprint density at radius 3 is 2.41 bits per heavy atom. The molecule has 27 heavy (non-hydrogen) atoms. The molecule has 142 valence electrons. The lowest BCUT2D eigenvalue weighted by Crippen LogP contribution is -2.52. The summed E-state index contributed by atoms with van der Waals surface area (Å²) in [6, 6.07) is 16.8. The lowest BCUT2D eigenvalue weighted by atomic mass is 10.2. The van der Waals surface area contributed by atoms with E-state index in [0.717, 1.165) is 31.7 Å². The van der Waals surface area contributed by atoms with Crippen molar-refractivity contribution in [1.29, 1.82) is 0 Å². The summed E-state index contributed by atoms with van der Waals surface area (Å²) in [4.78, 5) is 16.8. The second-order valence-corrected chi connectivity index (χ2v) is 6.84. The fraction of sp³-hybridized carbons (Fsp3) is 0.318. The van der Waals surface area contributed by atoms with Crippen molar-refractivity contribution in [1.82, 2.24) is 10.2 Å². The van der Waals surface area contributed by atoms with E-state index in [9.17, 15) is 9.18 Å². The molecule has 1 saturated heterocycles. The summed E-state index contributed by atoms with van der Waals surface area (Å²) in [5, 5.41) is 2.95. The van der Waals surface area contributed by atoms with Gasteiger partial charge in [0.25, 0.3) is 0 Å². The molecule has 0 unspecified atom stereocenters. The van der Waals surface area contributed by atoms with Gasteiger partial charge >= 0.3 is 0 Å². The van der Waals surface area contributed by atoms with E-state index in [1.165, 1.54) is 23.9 Å². The topological polar surface area (TPSA) is 35.6 Å². The molecule has 5 heteroatoms. The van der Waals surface area contributed by atoms with Crippen LogP contribution < -0.4 is 10.2 Å². The Labute approximate surface area is 160 Å². The molecule has 0 radical (unpaired) electrons. The summed E-state index contributed by atoms with van der Waals surface area (Å²) in [5.74, 6) is -0.410. The van der Waals surface area contributed by atoms with Gasteiger partial charge in [-0.15, -0.1) is 0 Å². The molecule has 3 rings (SSSR count). The predicted molar refractivity (Wildman–Crippen MR) is 108 cm³/mol. The minimum atomic E-state index is -0.280. The Morgan fingerprint density at radius 2 is 1.74 bits per heavy atom. The van der Waals surface area contributed by atoms with E-state index >= 15 is 0 Å². The first-order valence-corrected chi connectivity index (χ1v) is 9.37. The third-order valence-corrected chi connectivity index (χ3v) is 4.93. The summed E-state index contributed by atoms with van der Waals surface area (Å²) in [5.41, 5.74) is 2.07. The number of piperazine rings is 1. The van der Waals surface area contributed by atoms with Crippen molar-refractivity contribution in [2.24, 2.45) is 0 Å². The molecule has 0 aliphatic carbocycles. The monoisotopic (exact) mass is 367 g/mol. The van der Waals surface area contributed by atoms with Gasteiger partial charge in [0, 0.05) is 50.5 Å². The average Bonchev–Trinajstić information content (AvgIpc) is 2.72. The maximum Gasteiger partial charge on any atom is 0.244 e. The maximum atomic E-state index is 12.9. The molecule has 1 N–H and O–H groups in total. The molecular weight excluding hydrogens is 341 g/mol. The normalized spacial score (nSPS) is 16.4. The molecule has 0 spiro atoms. The second kappa shape index (κ2) is 9.33. The van der Waals surface area contributed by atoms with Crippen molar-refractivity contribution in [2.75, 3.05) is 37.6 Å². The zero-order valence-electron chi connectivity index (χ0n) is 15.6. The highest BCUT2D eigenvalue weighted by atomic mass is 19.1. The molecular formula is C22H26FN3O. The lowest BCUT2D eigenvalue weighted by Gasteiger charge is -2.39. The first-order valence-electron chi connectivity index (χ1n) is 9.37. The molecule has 2 aromatic rings. The number of carbonyl (C=O) groups excluding carboxylic acids is 1. The summed E-state index contributed by atoms with van der Waals surface area (Å²) < 4.78 is 12.9. The van der Waals surface area contributed by atoms with Crippen molar-refractivity contribution in [3.05, 3.63) is 72.1 Å². The lowest BCUT2D eigenvalue weighted by molar-refractivity contribution is -0.116. The Hall–Kier alpha value is -2.66. The quantitative estimate of drug-likeness (QED) is 0.797. The maximum absolute atomic E-state index is 12.9. The fourth-order valence-electron chi connectivity index (χ4n) is 3.24. The number of hydrogen-bond donors (Lipinski definition) is 1. The number of nitrogens with one attached hydrogen (secondary N) is 1. The molecule has 1 aliphatic rings. The van der Waals surface area contributed by atoms with Gasteiger partial charge in [0.05, 0.1) is 0 Å². The molecule has 1 fully saturated rings. The van der Waals surface area contributed by atoms with Crippen LogP contribution in [0.2, 0.25) is 0 Å². The van der Waals surface area contributed by atoms with Crippen LogP contribution in [0.4, 0.5) is 10.1 Å². The number of benzene rings is 2. The van der Waals surface area contributed by atoms with E-state index in [1.807, 2.05) is 6.07 Å². The van der Waals surface area contributed by atoms with Crippen LogP contribution in [0.5, 0.6) is 0 Å². The highest BCUT2D eigenvalue weighted by Crippen LogP contribution is 2.16. The number of para-hydroxylation sites is 1. The summed E-state index contributed by atoms with van der Waals surface area (Å²) in [7, 11) is 0. The Balaban J connectivity index is 1.41. The second-order valence-electron chi connectivity index (χ2n) is 6.84. The minimum Gasteiger partial charge on any atom is -0.369 e. The molecule has 2 aromatic carbocycles. The third kappa shape index (κ3) is 5.66. The molecule has 0 saturated carbocycles. The van der Waals surface area contributed by atoms with Gasteiger partial charge in [-0.05, 0) is 42.8 Å². The van der Waals surface area contributed by atoms with Gasteiger partial charge in [-0.2, -0.15) is 0 Å². The molecule has 1 heterocycles. The van der Waals surface area contributed by atoms with Crippen LogP contribution in [0.1, 0.15) is 12.5 Å². The van der Waals surface area contributed by atoms with Gasteiger partial charge in [-0.1, -0.05) is 30.3 Å². The van der Waals surface area contributed by atoms with Gasteiger partial charge < -0.3 is 10.2 Å². The van der Waals surface area contributed by atoms with Crippen LogP contribution in [0.15, 0.2) is 60.7 Å². The van der Waals surface area contributed by atoms with Crippen LogP contribution >= 0.6 is 0 Å². The van der Waals surface area contributed by atoms with E-state index in [2.05, 4.69) is 46.3 Å². The first kappa shape index (κ1) is 19.1. The molecule has 4 nitrogen and oxygen atoms in total. The third-order valence-electron chi connectivity index (χ3n) is 4.93. The Kier molecular flexibility index (Phi) is 6.60. The number of halogens is 1. The van der Waals surface area contributed by atoms with Gasteiger partial charge in [0.2, 0.25) is 5.91 Å². The van der Waals surface area contributed by atoms with Crippen LogP contribution in [0.25, 0.3) is 6.08 Å². The molecule has 1 aliphatic heterocycles. The number of hydrogen-bond acceptors (Lipinski definition) is 3. The summed E-state index contributed by atoms with van der Waals surface area (Å²) >= 11 is 0. The van der Waals surface area contributed by atoms with Gasteiger partial charge in [0.15, 0.2) is 0 Å². The van der Waals surface area contributed by atoms with Gasteiger partial charge in [0.1, 0.15) is 5.82 Å². The van der Waals surface area contributed by atoms with Gasteiger partial charge in [-0.3, -0.25) is 9.69 Å². The zero-order chi connectivity index (χ0) is 19.1. The highest BCUT2D eigenvalue weighted by molar-refractivity contribution is 5.91. The Morgan fingerprint density at radius 1 is 1.07 bits per heavy atom. The van der Waals surface area contributed by atoms with E-state index in [1.54, 1.807) is 18.2 Å². The fourth-order valence-corrected chi connectivity index (χ4v) is 3.24. The molecule has 1 atom stereocenters. The first-order chi connectivity index (χ1) is 13.1. The van der Waals surface area contributed by atoms with Crippen LogP contribution in [0.3, 0.4) is 0 Å². The molecule has 0 bridgehead atoms. The predicted octanol–water partition coefficient (Wildman–Crippen LogP) is 3.17. The number of anilines is 1. The van der Waals surface area contributed by atoms with Crippen LogP contribution in [-0.2, 0) is 4.79 Å².